The van der Waals surface area contributed by atoms with Crippen LogP contribution in [0.15, 0.2) is 0 Å². The molecule has 1 heterocycles. The standard InChI is InChI=1S/C20H28N2O4/c1-5-26-20(25)17-11(2)16(12(3)21-17)18(23)13(4)22(15-9-10-15)19(24)14-7-6-8-14/h13-15,21H,5-10H2,1-4H3. The molecule has 2 aliphatic carbocycles. The minimum atomic E-state index is -0.515. The van der Waals surface area contributed by atoms with Gasteiger partial charge in [-0.15, -0.1) is 0 Å². The van der Waals surface area contributed by atoms with Gasteiger partial charge in [0, 0.05) is 23.2 Å². The minimum Gasteiger partial charge on any atom is -0.461 e. The molecule has 0 radical (unpaired) electrons. The number of Topliss-reactive ketones (excluding diaryl/α,β-unsaturated/α-hetero) is 1. The molecule has 26 heavy (non-hydrogen) atoms. The molecule has 0 spiro atoms. The van der Waals surface area contributed by atoms with E-state index in [1.54, 1.807) is 20.8 Å². The van der Waals surface area contributed by atoms with Crippen LogP contribution >= 0.6 is 0 Å². The lowest BCUT2D eigenvalue weighted by Gasteiger charge is -2.35. The number of carbonyl (C=O) groups is 3. The molecule has 142 valence electrons. The lowest BCUT2D eigenvalue weighted by atomic mass is 9.83. The fraction of sp³-hybridized carbons (Fsp3) is 0.650. The SMILES string of the molecule is CCOC(=O)c1[nH]c(C)c(C(=O)C(C)N(C(=O)C2CCC2)C2CC2)c1C. The molecule has 1 aromatic rings. The van der Waals surface area contributed by atoms with Crippen LogP contribution < -0.4 is 0 Å². The number of carbonyl (C=O) groups excluding carboxylic acids is 3. The molecule has 2 aliphatic rings. The molecule has 0 aliphatic heterocycles. The van der Waals surface area contributed by atoms with E-state index in [0.717, 1.165) is 32.1 Å². The summed E-state index contributed by atoms with van der Waals surface area (Å²) in [5, 5.41) is 0. The molecule has 2 fully saturated rings. The molecular weight excluding hydrogens is 332 g/mol. The van der Waals surface area contributed by atoms with Crippen molar-refractivity contribution in [3.63, 3.8) is 0 Å². The Kier molecular flexibility index (Phi) is 5.21. The van der Waals surface area contributed by atoms with Crippen molar-refractivity contribution < 1.29 is 19.1 Å². The number of ketones is 1. The average Bonchev–Trinajstić information content (AvgIpc) is 3.31. The second kappa shape index (κ2) is 7.25. The maximum atomic E-state index is 13.2. The highest BCUT2D eigenvalue weighted by Gasteiger charge is 2.42. The Hall–Kier alpha value is -2.11. The average molecular weight is 360 g/mol. The first kappa shape index (κ1) is 18.7. The predicted molar refractivity (Wildman–Crippen MR) is 97.2 cm³/mol. The molecule has 2 saturated carbocycles. The molecule has 1 aromatic heterocycles. The van der Waals surface area contributed by atoms with Gasteiger partial charge in [0.15, 0.2) is 5.78 Å². The van der Waals surface area contributed by atoms with Gasteiger partial charge < -0.3 is 14.6 Å². The molecule has 1 N–H and O–H groups in total. The van der Waals surface area contributed by atoms with Gasteiger partial charge >= 0.3 is 5.97 Å². The molecule has 6 heteroatoms. The topological polar surface area (TPSA) is 79.5 Å². The quantitative estimate of drug-likeness (QED) is 0.598. The van der Waals surface area contributed by atoms with Gasteiger partial charge in [0.05, 0.1) is 12.6 Å². The van der Waals surface area contributed by atoms with Crippen LogP contribution in [0.3, 0.4) is 0 Å². The number of esters is 1. The Morgan fingerprint density at radius 3 is 2.35 bits per heavy atom. The van der Waals surface area contributed by atoms with Gasteiger partial charge in [0.2, 0.25) is 5.91 Å². The lowest BCUT2D eigenvalue weighted by Crippen LogP contribution is -2.48. The van der Waals surface area contributed by atoms with E-state index >= 15 is 0 Å². The van der Waals surface area contributed by atoms with Gasteiger partial charge in [0.1, 0.15) is 5.69 Å². The number of amides is 1. The summed E-state index contributed by atoms with van der Waals surface area (Å²) in [6.07, 6.45) is 4.89. The highest BCUT2D eigenvalue weighted by molar-refractivity contribution is 6.06. The number of aryl methyl sites for hydroxylation is 1. The maximum absolute atomic E-state index is 13.2. The van der Waals surface area contributed by atoms with Crippen molar-refractivity contribution in [3.05, 3.63) is 22.5 Å². The van der Waals surface area contributed by atoms with Crippen LogP contribution in [0, 0.1) is 19.8 Å². The number of nitrogens with one attached hydrogen (secondary N) is 1. The maximum Gasteiger partial charge on any atom is 0.355 e. The second-order valence-corrected chi connectivity index (χ2v) is 7.49. The summed E-state index contributed by atoms with van der Waals surface area (Å²) < 4.78 is 5.06. The van der Waals surface area contributed by atoms with Crippen molar-refractivity contribution in [2.75, 3.05) is 6.61 Å². The minimum absolute atomic E-state index is 0.0781. The molecule has 3 rings (SSSR count). The molecule has 0 aromatic carbocycles. The van der Waals surface area contributed by atoms with Crippen molar-refractivity contribution in [2.24, 2.45) is 5.92 Å². The fourth-order valence-corrected chi connectivity index (χ4v) is 3.77. The van der Waals surface area contributed by atoms with E-state index in [2.05, 4.69) is 4.98 Å². The van der Waals surface area contributed by atoms with Crippen molar-refractivity contribution in [1.82, 2.24) is 9.88 Å². The van der Waals surface area contributed by atoms with Crippen molar-refractivity contribution in [3.8, 4) is 0 Å². The predicted octanol–water partition coefficient (Wildman–Crippen LogP) is 3.17. The van der Waals surface area contributed by atoms with Gasteiger partial charge in [0.25, 0.3) is 0 Å². The monoisotopic (exact) mass is 360 g/mol. The Labute approximate surface area is 154 Å². The summed E-state index contributed by atoms with van der Waals surface area (Å²) in [7, 11) is 0. The van der Waals surface area contributed by atoms with E-state index in [4.69, 9.17) is 4.74 Å². The van der Waals surface area contributed by atoms with Gasteiger partial charge in [-0.3, -0.25) is 9.59 Å². The lowest BCUT2D eigenvalue weighted by molar-refractivity contribution is -0.140. The van der Waals surface area contributed by atoms with E-state index in [-0.39, 0.29) is 30.3 Å². The van der Waals surface area contributed by atoms with E-state index in [9.17, 15) is 14.4 Å². The van der Waals surface area contributed by atoms with Crippen LogP contribution in [0.1, 0.15) is 78.1 Å². The third-order valence-electron chi connectivity index (χ3n) is 5.61. The molecule has 1 unspecified atom stereocenters. The summed E-state index contributed by atoms with van der Waals surface area (Å²) in [5.41, 5.74) is 2.08. The number of aromatic nitrogens is 1. The van der Waals surface area contributed by atoms with E-state index in [0.29, 0.717) is 22.5 Å². The fourth-order valence-electron chi connectivity index (χ4n) is 3.77. The Bertz CT molecular complexity index is 728. The first-order valence-electron chi connectivity index (χ1n) is 9.59. The van der Waals surface area contributed by atoms with Gasteiger partial charge in [-0.05, 0) is 58.9 Å². The number of rotatable bonds is 7. The zero-order valence-electron chi connectivity index (χ0n) is 16.1. The smallest absolute Gasteiger partial charge is 0.355 e. The molecular formula is C20H28N2O4. The second-order valence-electron chi connectivity index (χ2n) is 7.49. The summed E-state index contributed by atoms with van der Waals surface area (Å²) in [4.78, 5) is 43.0. The van der Waals surface area contributed by atoms with Gasteiger partial charge in [-0.25, -0.2) is 4.79 Å². The molecule has 1 amide bonds. The van der Waals surface area contributed by atoms with E-state index < -0.39 is 12.0 Å². The van der Waals surface area contributed by atoms with Crippen molar-refractivity contribution in [1.29, 1.82) is 0 Å². The summed E-state index contributed by atoms with van der Waals surface area (Å²) in [6, 6.07) is -0.329. The summed E-state index contributed by atoms with van der Waals surface area (Å²) in [6.45, 7) is 7.38. The Morgan fingerprint density at radius 1 is 1.19 bits per heavy atom. The van der Waals surface area contributed by atoms with Crippen molar-refractivity contribution >= 4 is 17.7 Å². The van der Waals surface area contributed by atoms with E-state index in [1.165, 1.54) is 0 Å². The van der Waals surface area contributed by atoms with Gasteiger partial charge in [-0.1, -0.05) is 6.42 Å². The highest BCUT2D eigenvalue weighted by atomic mass is 16.5. The largest absolute Gasteiger partial charge is 0.461 e. The van der Waals surface area contributed by atoms with Crippen LogP contribution in [0.2, 0.25) is 0 Å². The summed E-state index contributed by atoms with van der Waals surface area (Å²) >= 11 is 0. The third-order valence-corrected chi connectivity index (χ3v) is 5.61. The molecule has 1 atom stereocenters. The number of aromatic amines is 1. The van der Waals surface area contributed by atoms with E-state index in [1.807, 2.05) is 11.8 Å². The van der Waals surface area contributed by atoms with Crippen LogP contribution in [0.25, 0.3) is 0 Å². The first-order valence-corrected chi connectivity index (χ1v) is 9.59. The number of hydrogen-bond acceptors (Lipinski definition) is 4. The summed E-state index contributed by atoms with van der Waals surface area (Å²) in [5.74, 6) is -0.360. The zero-order chi connectivity index (χ0) is 19.0. The molecule has 6 nitrogen and oxygen atoms in total. The Morgan fingerprint density at radius 2 is 1.85 bits per heavy atom. The molecule has 0 bridgehead atoms. The number of H-pyrrole nitrogens is 1. The third kappa shape index (κ3) is 3.29. The van der Waals surface area contributed by atoms with Gasteiger partial charge in [-0.2, -0.15) is 0 Å². The highest BCUT2D eigenvalue weighted by Crippen LogP contribution is 2.36. The normalized spacial score (nSPS) is 18.2. The van der Waals surface area contributed by atoms with Crippen LogP contribution in [0.4, 0.5) is 0 Å². The first-order chi connectivity index (χ1) is 12.4. The zero-order valence-corrected chi connectivity index (χ0v) is 16.1. The van der Waals surface area contributed by atoms with Crippen LogP contribution in [-0.4, -0.2) is 46.2 Å². The Balaban J connectivity index is 1.85. The number of ether oxygens (including phenoxy) is 1. The van der Waals surface area contributed by atoms with Crippen molar-refractivity contribution in [2.45, 2.75) is 71.9 Å². The number of nitrogens with zero attached hydrogens (tertiary/aromatic N) is 1. The van der Waals surface area contributed by atoms with Crippen LogP contribution in [-0.2, 0) is 9.53 Å². The number of hydrogen-bond donors (Lipinski definition) is 1. The molecule has 0 saturated heterocycles. The van der Waals surface area contributed by atoms with Crippen LogP contribution in [0.5, 0.6) is 0 Å².